The summed E-state index contributed by atoms with van der Waals surface area (Å²) in [5.74, 6) is -1.70. The molecule has 1 aliphatic rings. The van der Waals surface area contributed by atoms with Crippen LogP contribution in [0.2, 0.25) is 0 Å². The van der Waals surface area contributed by atoms with Gasteiger partial charge in [-0.1, -0.05) is 0 Å². The van der Waals surface area contributed by atoms with Gasteiger partial charge in [0.2, 0.25) is 5.95 Å². The van der Waals surface area contributed by atoms with Crippen molar-refractivity contribution in [2.75, 3.05) is 43.9 Å². The van der Waals surface area contributed by atoms with Gasteiger partial charge in [-0.25, -0.2) is 14.4 Å². The van der Waals surface area contributed by atoms with Gasteiger partial charge in [-0.3, -0.25) is 9.69 Å². The Morgan fingerprint density at radius 2 is 1.96 bits per heavy atom. The van der Waals surface area contributed by atoms with E-state index in [0.717, 1.165) is 0 Å². The van der Waals surface area contributed by atoms with Crippen LogP contribution < -0.4 is 16.0 Å². The van der Waals surface area contributed by atoms with Crippen molar-refractivity contribution >= 4 is 17.4 Å². The van der Waals surface area contributed by atoms with Crippen LogP contribution in [0.4, 0.5) is 20.3 Å². The number of nitrogens with one attached hydrogen (secondary N) is 1. The smallest absolute Gasteiger partial charge is 0.269 e. The second-order valence-corrected chi connectivity index (χ2v) is 6.02. The minimum atomic E-state index is -0.674. The van der Waals surface area contributed by atoms with E-state index in [-0.39, 0.29) is 11.5 Å². The van der Waals surface area contributed by atoms with Gasteiger partial charge in [-0.2, -0.15) is 4.39 Å². The quantitative estimate of drug-likeness (QED) is 0.790. The van der Waals surface area contributed by atoms with E-state index in [1.807, 2.05) is 4.90 Å². The van der Waals surface area contributed by atoms with Crippen LogP contribution in [-0.4, -0.2) is 54.0 Å². The van der Waals surface area contributed by atoms with E-state index in [2.05, 4.69) is 20.2 Å². The molecule has 0 saturated carbocycles. The van der Waals surface area contributed by atoms with Crippen molar-refractivity contribution in [3.8, 4) is 0 Å². The molecule has 7 nitrogen and oxygen atoms in total. The standard InChI is InChI=1S/C17H20F2N6O/c1-21-17(26)12-2-3-13(15(19)23-12)25-8-6-24(7-9-25)10-11-4-5-22-16(20)14(11)18/h2-5H,6-10H2,1H3,(H2,20,22)(H,21,26). The highest BCUT2D eigenvalue weighted by atomic mass is 19.1. The van der Waals surface area contributed by atoms with E-state index in [9.17, 15) is 13.6 Å². The summed E-state index contributed by atoms with van der Waals surface area (Å²) in [4.78, 5) is 22.9. The van der Waals surface area contributed by atoms with E-state index >= 15 is 0 Å². The van der Waals surface area contributed by atoms with Crippen molar-refractivity contribution in [3.05, 3.63) is 47.4 Å². The van der Waals surface area contributed by atoms with Crippen LogP contribution in [0.5, 0.6) is 0 Å². The highest BCUT2D eigenvalue weighted by molar-refractivity contribution is 5.92. The minimum absolute atomic E-state index is 0.0399. The number of carbonyl (C=O) groups is 1. The molecule has 1 fully saturated rings. The molecule has 9 heteroatoms. The van der Waals surface area contributed by atoms with Crippen molar-refractivity contribution in [2.24, 2.45) is 0 Å². The molecule has 0 aliphatic carbocycles. The molecule has 138 valence electrons. The van der Waals surface area contributed by atoms with E-state index < -0.39 is 17.7 Å². The summed E-state index contributed by atoms with van der Waals surface area (Å²) in [7, 11) is 1.47. The highest BCUT2D eigenvalue weighted by Crippen LogP contribution is 2.21. The fourth-order valence-electron chi connectivity index (χ4n) is 2.93. The number of rotatable bonds is 4. The molecule has 0 bridgehead atoms. The molecule has 0 unspecified atom stereocenters. The zero-order chi connectivity index (χ0) is 18.7. The zero-order valence-electron chi connectivity index (χ0n) is 14.4. The van der Waals surface area contributed by atoms with Crippen LogP contribution in [-0.2, 0) is 6.54 Å². The van der Waals surface area contributed by atoms with Crippen molar-refractivity contribution in [1.82, 2.24) is 20.2 Å². The van der Waals surface area contributed by atoms with Crippen molar-refractivity contribution in [2.45, 2.75) is 6.54 Å². The maximum atomic E-state index is 14.3. The normalized spacial score (nSPS) is 15.1. The van der Waals surface area contributed by atoms with Gasteiger partial charge in [0.05, 0.1) is 5.69 Å². The van der Waals surface area contributed by atoms with Gasteiger partial charge < -0.3 is 16.0 Å². The molecule has 0 atom stereocenters. The first-order valence-electron chi connectivity index (χ1n) is 8.24. The van der Waals surface area contributed by atoms with E-state index in [0.29, 0.717) is 44.0 Å². The summed E-state index contributed by atoms with van der Waals surface area (Å²) in [6.45, 7) is 2.83. The Kier molecular flexibility index (Phi) is 5.27. The maximum Gasteiger partial charge on any atom is 0.269 e. The van der Waals surface area contributed by atoms with Gasteiger partial charge in [-0.05, 0) is 18.2 Å². The molecule has 1 saturated heterocycles. The molecular formula is C17H20F2N6O. The van der Waals surface area contributed by atoms with Gasteiger partial charge >= 0.3 is 0 Å². The first-order valence-corrected chi connectivity index (χ1v) is 8.24. The number of halogens is 2. The van der Waals surface area contributed by atoms with Crippen LogP contribution in [0.3, 0.4) is 0 Å². The summed E-state index contributed by atoms with van der Waals surface area (Å²) in [6, 6.07) is 4.67. The molecule has 1 amide bonds. The number of hydrogen-bond donors (Lipinski definition) is 2. The zero-order valence-corrected chi connectivity index (χ0v) is 14.4. The van der Waals surface area contributed by atoms with Crippen LogP contribution in [0, 0.1) is 11.8 Å². The number of nitrogens with two attached hydrogens (primary N) is 1. The Morgan fingerprint density at radius 1 is 1.23 bits per heavy atom. The Bertz CT molecular complexity index is 808. The third-order valence-electron chi connectivity index (χ3n) is 4.39. The summed E-state index contributed by atoms with van der Waals surface area (Å²) < 4.78 is 28.2. The lowest BCUT2D eigenvalue weighted by molar-refractivity contribution is 0.0957. The predicted octanol–water partition coefficient (Wildman–Crippen LogP) is 1.02. The molecule has 0 spiro atoms. The number of anilines is 2. The fraction of sp³-hybridized carbons (Fsp3) is 0.353. The van der Waals surface area contributed by atoms with Crippen LogP contribution in [0.15, 0.2) is 24.4 Å². The molecule has 26 heavy (non-hydrogen) atoms. The summed E-state index contributed by atoms with van der Waals surface area (Å²) in [6.07, 6.45) is 1.49. The maximum absolute atomic E-state index is 14.3. The number of nitrogens with zero attached hydrogens (tertiary/aromatic N) is 4. The average molecular weight is 362 g/mol. The molecule has 2 aromatic rings. The lowest BCUT2D eigenvalue weighted by atomic mass is 10.2. The third kappa shape index (κ3) is 3.72. The van der Waals surface area contributed by atoms with E-state index in [1.54, 1.807) is 12.1 Å². The molecule has 3 N–H and O–H groups in total. The second-order valence-electron chi connectivity index (χ2n) is 6.02. The van der Waals surface area contributed by atoms with Gasteiger partial charge in [0.15, 0.2) is 11.6 Å². The van der Waals surface area contributed by atoms with Gasteiger partial charge in [-0.15, -0.1) is 0 Å². The minimum Gasteiger partial charge on any atom is -0.381 e. The number of amides is 1. The van der Waals surface area contributed by atoms with E-state index in [4.69, 9.17) is 5.73 Å². The molecular weight excluding hydrogens is 342 g/mol. The Hall–Kier alpha value is -2.81. The monoisotopic (exact) mass is 362 g/mol. The number of pyridine rings is 2. The topological polar surface area (TPSA) is 87.4 Å². The number of piperazine rings is 1. The van der Waals surface area contributed by atoms with Gasteiger partial charge in [0.1, 0.15) is 5.69 Å². The van der Waals surface area contributed by atoms with Crippen LogP contribution in [0.25, 0.3) is 0 Å². The summed E-state index contributed by atoms with van der Waals surface area (Å²) >= 11 is 0. The first kappa shape index (κ1) is 18.0. The molecule has 2 aromatic heterocycles. The SMILES string of the molecule is CNC(=O)c1ccc(N2CCN(Cc3ccnc(N)c3F)CC2)c(F)n1. The first-order chi connectivity index (χ1) is 12.5. The highest BCUT2D eigenvalue weighted by Gasteiger charge is 2.22. The Balaban J connectivity index is 1.63. The number of aromatic nitrogens is 2. The van der Waals surface area contributed by atoms with Gasteiger partial charge in [0, 0.05) is 51.5 Å². The van der Waals surface area contributed by atoms with Crippen molar-refractivity contribution in [3.63, 3.8) is 0 Å². The average Bonchev–Trinajstić information content (AvgIpc) is 2.65. The largest absolute Gasteiger partial charge is 0.381 e. The van der Waals surface area contributed by atoms with Crippen LogP contribution in [0.1, 0.15) is 16.1 Å². The number of nitrogen functional groups attached to an aromatic ring is 1. The third-order valence-corrected chi connectivity index (χ3v) is 4.39. The lowest BCUT2D eigenvalue weighted by Crippen LogP contribution is -2.46. The Labute approximate surface area is 149 Å². The summed E-state index contributed by atoms with van der Waals surface area (Å²) in [5.41, 5.74) is 6.39. The molecule has 1 aliphatic heterocycles. The van der Waals surface area contributed by atoms with Gasteiger partial charge in [0.25, 0.3) is 5.91 Å². The van der Waals surface area contributed by atoms with Crippen LogP contribution >= 0.6 is 0 Å². The molecule has 3 rings (SSSR count). The summed E-state index contributed by atoms with van der Waals surface area (Å²) in [5, 5.41) is 2.41. The van der Waals surface area contributed by atoms with E-state index in [1.165, 1.54) is 19.3 Å². The van der Waals surface area contributed by atoms with Crippen molar-refractivity contribution in [1.29, 1.82) is 0 Å². The lowest BCUT2D eigenvalue weighted by Gasteiger charge is -2.36. The molecule has 0 radical (unpaired) electrons. The van der Waals surface area contributed by atoms with Crippen molar-refractivity contribution < 1.29 is 13.6 Å². The number of hydrogen-bond acceptors (Lipinski definition) is 6. The predicted molar refractivity (Wildman–Crippen MR) is 93.7 cm³/mol. The number of carbonyl (C=O) groups excluding carboxylic acids is 1. The molecule has 0 aromatic carbocycles. The second kappa shape index (κ2) is 7.61. The molecule has 3 heterocycles. The Morgan fingerprint density at radius 3 is 2.62 bits per heavy atom. The fourth-order valence-corrected chi connectivity index (χ4v) is 2.93.